The Kier molecular flexibility index (Phi) is 4.55. The summed E-state index contributed by atoms with van der Waals surface area (Å²) in [7, 11) is 0.00849. The summed E-state index contributed by atoms with van der Waals surface area (Å²) in [6.07, 6.45) is 2.75. The molecule has 1 aliphatic rings. The van der Waals surface area contributed by atoms with Crippen molar-refractivity contribution in [3.05, 3.63) is 0 Å². The van der Waals surface area contributed by atoms with E-state index >= 15 is 0 Å². The lowest BCUT2D eigenvalue weighted by molar-refractivity contribution is 0.304. The second kappa shape index (κ2) is 4.40. The van der Waals surface area contributed by atoms with Gasteiger partial charge in [0.25, 0.3) is 0 Å². The lowest BCUT2D eigenvalue weighted by atomic mass is 10.4. The maximum atomic E-state index is 5.21. The number of hydrogen-bond donors (Lipinski definition) is 0. The molecule has 1 heterocycles. The van der Waals surface area contributed by atoms with E-state index in [1.807, 2.05) is 0 Å². The van der Waals surface area contributed by atoms with Gasteiger partial charge in [0.1, 0.15) is 0 Å². The zero-order valence-electron chi connectivity index (χ0n) is 3.94. The Morgan fingerprint density at radius 2 is 2.14 bits per heavy atom. The van der Waals surface area contributed by atoms with E-state index in [-0.39, 0.29) is 18.2 Å². The molecule has 3 heteroatoms. The van der Waals surface area contributed by atoms with Crippen LogP contribution in [0.25, 0.3) is 0 Å². The van der Waals surface area contributed by atoms with Crippen LogP contribution in [0.3, 0.4) is 0 Å². The van der Waals surface area contributed by atoms with Gasteiger partial charge < -0.3 is 4.43 Å². The molecule has 1 aliphatic heterocycles. The lowest BCUT2D eigenvalue weighted by Gasteiger charge is -2.07. The molecule has 0 aliphatic carbocycles. The van der Waals surface area contributed by atoms with Crippen LogP contribution in [0.4, 0.5) is 0 Å². The van der Waals surface area contributed by atoms with Crippen LogP contribution in [-0.4, -0.2) is 24.8 Å². The van der Waals surface area contributed by atoms with Crippen LogP contribution in [0, 0.1) is 0 Å². The Balaban J connectivity index is 0.000000360. The molecule has 0 amide bonds. The van der Waals surface area contributed by atoms with Crippen molar-refractivity contribution in [2.24, 2.45) is 0 Å². The highest BCUT2D eigenvalue weighted by Crippen LogP contribution is 2.01. The minimum Gasteiger partial charge on any atom is -0.424 e. The fourth-order valence-electron chi connectivity index (χ4n) is 0.687. The maximum Gasteiger partial charge on any atom is 0.161 e. The summed E-state index contributed by atoms with van der Waals surface area (Å²) >= 11 is 0. The van der Waals surface area contributed by atoms with Gasteiger partial charge in [0.2, 0.25) is 0 Å². The third-order valence-corrected chi connectivity index (χ3v) is 2.44. The van der Waals surface area contributed by atoms with E-state index in [4.69, 9.17) is 4.43 Å². The lowest BCUT2D eigenvalue weighted by Crippen LogP contribution is -2.06. The molecule has 0 bridgehead atoms. The van der Waals surface area contributed by atoms with Crippen molar-refractivity contribution in [1.29, 1.82) is 0 Å². The molecular formula is C4H13BOSi. The third-order valence-electron chi connectivity index (χ3n) is 1.08. The zero-order valence-corrected chi connectivity index (χ0v) is 5.36. The smallest absolute Gasteiger partial charge is 0.161 e. The summed E-state index contributed by atoms with van der Waals surface area (Å²) in [5.74, 6) is 0. The van der Waals surface area contributed by atoms with E-state index in [0.717, 1.165) is 6.61 Å². The van der Waals surface area contributed by atoms with E-state index < -0.39 is 0 Å². The van der Waals surface area contributed by atoms with Gasteiger partial charge in [-0.25, -0.2) is 0 Å². The summed E-state index contributed by atoms with van der Waals surface area (Å²) in [6.45, 7) is 1.06. The highest BCUT2D eigenvalue weighted by atomic mass is 28.2. The monoisotopic (exact) mass is 116 g/mol. The SMILES string of the molecule is B.C1CC[SiH2]OC1. The summed E-state index contributed by atoms with van der Waals surface area (Å²) in [4.78, 5) is 0. The van der Waals surface area contributed by atoms with Gasteiger partial charge in [-0.05, 0) is 12.5 Å². The van der Waals surface area contributed by atoms with Crippen molar-refractivity contribution in [3.8, 4) is 0 Å². The third kappa shape index (κ3) is 2.88. The van der Waals surface area contributed by atoms with Crippen LogP contribution < -0.4 is 0 Å². The van der Waals surface area contributed by atoms with Crippen molar-refractivity contribution < 1.29 is 4.43 Å². The Morgan fingerprint density at radius 3 is 2.29 bits per heavy atom. The molecule has 0 N–H and O–H groups in total. The van der Waals surface area contributed by atoms with E-state index in [9.17, 15) is 0 Å². The fraction of sp³-hybridized carbons (Fsp3) is 1.00. The van der Waals surface area contributed by atoms with Gasteiger partial charge in [0.05, 0.1) is 8.41 Å². The first-order valence-corrected chi connectivity index (χ1v) is 4.15. The van der Waals surface area contributed by atoms with Crippen LogP contribution in [0.2, 0.25) is 6.04 Å². The largest absolute Gasteiger partial charge is 0.424 e. The summed E-state index contributed by atoms with van der Waals surface area (Å²) in [5, 5.41) is 0. The molecule has 0 radical (unpaired) electrons. The molecule has 0 saturated carbocycles. The second-order valence-electron chi connectivity index (χ2n) is 1.67. The van der Waals surface area contributed by atoms with Crippen LogP contribution >= 0.6 is 0 Å². The molecule has 0 unspecified atom stereocenters. The molecule has 0 spiro atoms. The molecule has 42 valence electrons. The highest BCUT2D eigenvalue weighted by Gasteiger charge is 1.96. The average molecular weight is 116 g/mol. The quantitative estimate of drug-likeness (QED) is 0.373. The average Bonchev–Trinajstić information content (AvgIpc) is 1.72. The summed E-state index contributed by atoms with van der Waals surface area (Å²) in [5.41, 5.74) is 0. The number of hydrogen-bond acceptors (Lipinski definition) is 1. The molecule has 1 rings (SSSR count). The van der Waals surface area contributed by atoms with E-state index in [1.165, 1.54) is 18.9 Å². The first-order valence-electron chi connectivity index (χ1n) is 2.58. The minimum absolute atomic E-state index is 0. The Labute approximate surface area is 49.0 Å². The van der Waals surface area contributed by atoms with Crippen LogP contribution in [-0.2, 0) is 4.43 Å². The number of rotatable bonds is 0. The van der Waals surface area contributed by atoms with Crippen molar-refractivity contribution >= 4 is 18.2 Å². The fourth-order valence-corrected chi connectivity index (χ4v) is 1.86. The van der Waals surface area contributed by atoms with Crippen LogP contribution in [0.1, 0.15) is 12.8 Å². The predicted octanol–water partition coefficient (Wildman–Crippen LogP) is -0.885. The van der Waals surface area contributed by atoms with Gasteiger partial charge in [-0.3, -0.25) is 0 Å². The van der Waals surface area contributed by atoms with Crippen molar-refractivity contribution in [3.63, 3.8) is 0 Å². The molecular weight excluding hydrogens is 103 g/mol. The van der Waals surface area contributed by atoms with Gasteiger partial charge >= 0.3 is 0 Å². The summed E-state index contributed by atoms with van der Waals surface area (Å²) in [6, 6.07) is 1.42. The topological polar surface area (TPSA) is 9.23 Å². The van der Waals surface area contributed by atoms with E-state index in [2.05, 4.69) is 0 Å². The van der Waals surface area contributed by atoms with Gasteiger partial charge in [0, 0.05) is 6.61 Å². The second-order valence-corrected chi connectivity index (χ2v) is 3.20. The van der Waals surface area contributed by atoms with Crippen LogP contribution in [0.5, 0.6) is 0 Å². The van der Waals surface area contributed by atoms with Gasteiger partial charge in [-0.2, -0.15) is 0 Å². The predicted molar refractivity (Wildman–Crippen MR) is 38.5 cm³/mol. The summed E-state index contributed by atoms with van der Waals surface area (Å²) < 4.78 is 5.21. The van der Waals surface area contributed by atoms with Crippen LogP contribution in [0.15, 0.2) is 0 Å². The first-order chi connectivity index (χ1) is 3.00. The van der Waals surface area contributed by atoms with Gasteiger partial charge in [0.15, 0.2) is 9.76 Å². The standard InChI is InChI=1S/C4H10OSi.BH3/c1-2-4-6-5-3-1;/h1-4,6H2;1H3. The Morgan fingerprint density at radius 1 is 1.29 bits per heavy atom. The molecule has 0 atom stereocenters. The molecule has 1 saturated heterocycles. The van der Waals surface area contributed by atoms with Crippen molar-refractivity contribution in [2.75, 3.05) is 6.61 Å². The molecule has 7 heavy (non-hydrogen) atoms. The molecule has 1 nitrogen and oxygen atoms in total. The first kappa shape index (κ1) is 7.24. The van der Waals surface area contributed by atoms with Gasteiger partial charge in [-0.15, -0.1) is 0 Å². The normalized spacial score (nSPS) is 24.0. The minimum atomic E-state index is 0. The zero-order chi connectivity index (χ0) is 4.24. The molecule has 0 aromatic heterocycles. The Bertz CT molecular complexity index is 27.2. The molecule has 0 aromatic rings. The van der Waals surface area contributed by atoms with Crippen molar-refractivity contribution in [2.45, 2.75) is 18.9 Å². The van der Waals surface area contributed by atoms with E-state index in [0.29, 0.717) is 0 Å². The van der Waals surface area contributed by atoms with Crippen molar-refractivity contribution in [1.82, 2.24) is 0 Å². The van der Waals surface area contributed by atoms with Gasteiger partial charge in [-0.1, -0.05) is 6.42 Å². The van der Waals surface area contributed by atoms with E-state index in [1.54, 1.807) is 0 Å². The maximum absolute atomic E-state index is 5.21. The highest BCUT2D eigenvalue weighted by molar-refractivity contribution is 6.27. The molecule has 0 aromatic carbocycles. The Hall–Kier alpha value is 0.242. The molecule has 1 fully saturated rings.